The van der Waals surface area contributed by atoms with Gasteiger partial charge in [0.2, 0.25) is 0 Å². The maximum atomic E-state index is 12.4. The SMILES string of the molecule is O=C(NCCCn1ccnc1)Nc1cccc(C(=O)N2CCCC2)c1. The number of likely N-dealkylation sites (tertiary alicyclic amines) is 1. The van der Waals surface area contributed by atoms with E-state index in [0.717, 1.165) is 38.9 Å². The summed E-state index contributed by atoms with van der Waals surface area (Å²) in [6, 6.07) is 6.82. The highest BCUT2D eigenvalue weighted by molar-refractivity contribution is 5.97. The first kappa shape index (κ1) is 17.0. The molecule has 132 valence electrons. The zero-order chi connectivity index (χ0) is 17.5. The van der Waals surface area contributed by atoms with Crippen LogP contribution in [0.1, 0.15) is 29.6 Å². The Kier molecular flexibility index (Phi) is 5.66. The Balaban J connectivity index is 1.46. The molecule has 1 aliphatic rings. The monoisotopic (exact) mass is 341 g/mol. The van der Waals surface area contributed by atoms with Gasteiger partial charge < -0.3 is 20.1 Å². The zero-order valence-electron chi connectivity index (χ0n) is 14.1. The van der Waals surface area contributed by atoms with E-state index in [-0.39, 0.29) is 11.9 Å². The summed E-state index contributed by atoms with van der Waals surface area (Å²) < 4.78 is 1.97. The number of imidazole rings is 1. The van der Waals surface area contributed by atoms with Crippen molar-refractivity contribution in [2.45, 2.75) is 25.8 Å². The summed E-state index contributed by atoms with van der Waals surface area (Å²) in [6.45, 7) is 3.00. The van der Waals surface area contributed by atoms with Crippen LogP contribution in [0.25, 0.3) is 0 Å². The van der Waals surface area contributed by atoms with Crippen molar-refractivity contribution in [1.82, 2.24) is 19.8 Å². The predicted molar refractivity (Wildman–Crippen MR) is 95.4 cm³/mol. The van der Waals surface area contributed by atoms with E-state index in [1.165, 1.54) is 0 Å². The molecule has 1 aromatic carbocycles. The summed E-state index contributed by atoms with van der Waals surface area (Å²) >= 11 is 0. The minimum Gasteiger partial charge on any atom is -0.339 e. The van der Waals surface area contributed by atoms with Gasteiger partial charge in [0.05, 0.1) is 6.33 Å². The van der Waals surface area contributed by atoms with Crippen molar-refractivity contribution < 1.29 is 9.59 Å². The number of rotatable bonds is 6. The molecule has 7 heteroatoms. The average Bonchev–Trinajstić information content (AvgIpc) is 3.32. The Morgan fingerprint density at radius 1 is 1.20 bits per heavy atom. The first-order chi connectivity index (χ1) is 12.2. The van der Waals surface area contributed by atoms with Crippen molar-refractivity contribution in [3.63, 3.8) is 0 Å². The lowest BCUT2D eigenvalue weighted by Crippen LogP contribution is -2.30. The molecular formula is C18H23N5O2. The molecule has 2 heterocycles. The van der Waals surface area contributed by atoms with Crippen LogP contribution in [0.15, 0.2) is 43.0 Å². The molecule has 0 spiro atoms. The molecule has 0 unspecified atom stereocenters. The molecule has 0 radical (unpaired) electrons. The molecular weight excluding hydrogens is 318 g/mol. The van der Waals surface area contributed by atoms with Gasteiger partial charge in [-0.3, -0.25) is 4.79 Å². The van der Waals surface area contributed by atoms with Crippen molar-refractivity contribution >= 4 is 17.6 Å². The summed E-state index contributed by atoms with van der Waals surface area (Å²) in [4.78, 5) is 30.2. The number of anilines is 1. The normalized spacial score (nSPS) is 13.7. The van der Waals surface area contributed by atoms with Gasteiger partial charge in [-0.1, -0.05) is 6.07 Å². The molecule has 25 heavy (non-hydrogen) atoms. The number of amides is 3. The van der Waals surface area contributed by atoms with Crippen LogP contribution in [0.4, 0.5) is 10.5 Å². The minimum atomic E-state index is -0.267. The highest BCUT2D eigenvalue weighted by Crippen LogP contribution is 2.16. The molecule has 2 N–H and O–H groups in total. The fourth-order valence-electron chi connectivity index (χ4n) is 2.89. The van der Waals surface area contributed by atoms with Crippen molar-refractivity contribution in [2.75, 3.05) is 25.0 Å². The molecule has 3 amide bonds. The molecule has 1 aromatic heterocycles. The third-order valence-corrected chi connectivity index (χ3v) is 4.20. The van der Waals surface area contributed by atoms with E-state index in [2.05, 4.69) is 15.6 Å². The number of urea groups is 1. The first-order valence-corrected chi connectivity index (χ1v) is 8.62. The van der Waals surface area contributed by atoms with Crippen LogP contribution in [0.5, 0.6) is 0 Å². The number of carbonyl (C=O) groups excluding carboxylic acids is 2. The quantitative estimate of drug-likeness (QED) is 0.792. The lowest BCUT2D eigenvalue weighted by atomic mass is 10.2. The van der Waals surface area contributed by atoms with Crippen LogP contribution in [-0.2, 0) is 6.54 Å². The minimum absolute atomic E-state index is 0.0295. The molecule has 0 saturated carbocycles. The summed E-state index contributed by atoms with van der Waals surface area (Å²) in [5, 5.41) is 5.60. The molecule has 3 rings (SSSR count). The van der Waals surface area contributed by atoms with Gasteiger partial charge in [0.25, 0.3) is 5.91 Å². The Hall–Kier alpha value is -2.83. The Bertz CT molecular complexity index is 708. The highest BCUT2D eigenvalue weighted by Gasteiger charge is 2.19. The number of aromatic nitrogens is 2. The van der Waals surface area contributed by atoms with E-state index in [1.54, 1.807) is 36.8 Å². The Labute approximate surface area is 147 Å². The number of benzene rings is 1. The van der Waals surface area contributed by atoms with Gasteiger partial charge in [0, 0.05) is 49.8 Å². The van der Waals surface area contributed by atoms with Crippen molar-refractivity contribution in [2.24, 2.45) is 0 Å². The molecule has 2 aromatic rings. The first-order valence-electron chi connectivity index (χ1n) is 8.62. The number of carbonyl (C=O) groups is 2. The average molecular weight is 341 g/mol. The van der Waals surface area contributed by atoms with Crippen LogP contribution in [0.2, 0.25) is 0 Å². The van der Waals surface area contributed by atoms with Crippen molar-refractivity contribution in [3.05, 3.63) is 48.5 Å². The van der Waals surface area contributed by atoms with E-state index in [9.17, 15) is 9.59 Å². The lowest BCUT2D eigenvalue weighted by Gasteiger charge is -2.16. The standard InChI is InChI=1S/C18H23N5O2/c24-17(23-10-1-2-11-23)15-5-3-6-16(13-15)21-18(25)20-7-4-9-22-12-8-19-14-22/h3,5-6,8,12-14H,1-2,4,7,9-11H2,(H2,20,21,25). The van der Waals surface area contributed by atoms with Crippen LogP contribution in [0, 0.1) is 0 Å². The van der Waals surface area contributed by atoms with Gasteiger partial charge in [-0.25, -0.2) is 9.78 Å². The van der Waals surface area contributed by atoms with Crippen LogP contribution in [-0.4, -0.2) is 46.0 Å². The van der Waals surface area contributed by atoms with Crippen LogP contribution < -0.4 is 10.6 Å². The van der Waals surface area contributed by atoms with E-state index >= 15 is 0 Å². The molecule has 7 nitrogen and oxygen atoms in total. The Morgan fingerprint density at radius 3 is 2.80 bits per heavy atom. The van der Waals surface area contributed by atoms with E-state index in [4.69, 9.17) is 0 Å². The van der Waals surface area contributed by atoms with Gasteiger partial charge in [-0.05, 0) is 37.5 Å². The van der Waals surface area contributed by atoms with Crippen molar-refractivity contribution in [1.29, 1.82) is 0 Å². The van der Waals surface area contributed by atoms with Gasteiger partial charge >= 0.3 is 6.03 Å². The number of hydrogen-bond donors (Lipinski definition) is 2. The van der Waals surface area contributed by atoms with Gasteiger partial charge in [0.15, 0.2) is 0 Å². The van der Waals surface area contributed by atoms with Crippen molar-refractivity contribution in [3.8, 4) is 0 Å². The number of aryl methyl sites for hydroxylation is 1. The Morgan fingerprint density at radius 2 is 2.04 bits per heavy atom. The second-order valence-electron chi connectivity index (χ2n) is 6.12. The largest absolute Gasteiger partial charge is 0.339 e. The molecule has 0 bridgehead atoms. The maximum Gasteiger partial charge on any atom is 0.319 e. The maximum absolute atomic E-state index is 12.4. The third-order valence-electron chi connectivity index (χ3n) is 4.20. The summed E-state index contributed by atoms with van der Waals surface area (Å²) in [5.41, 5.74) is 1.23. The molecule has 1 saturated heterocycles. The smallest absolute Gasteiger partial charge is 0.319 e. The van der Waals surface area contributed by atoms with Gasteiger partial charge in [-0.15, -0.1) is 0 Å². The zero-order valence-corrected chi connectivity index (χ0v) is 14.1. The number of hydrogen-bond acceptors (Lipinski definition) is 3. The second-order valence-corrected chi connectivity index (χ2v) is 6.12. The predicted octanol–water partition coefficient (Wildman–Crippen LogP) is 2.33. The van der Waals surface area contributed by atoms with Crippen LogP contribution in [0.3, 0.4) is 0 Å². The fraction of sp³-hybridized carbons (Fsp3) is 0.389. The van der Waals surface area contributed by atoms with E-state index < -0.39 is 0 Å². The van der Waals surface area contributed by atoms with Crippen LogP contribution >= 0.6 is 0 Å². The third kappa shape index (κ3) is 4.82. The summed E-state index contributed by atoms with van der Waals surface area (Å²) in [7, 11) is 0. The van der Waals surface area contributed by atoms with E-state index in [1.807, 2.05) is 15.7 Å². The molecule has 1 fully saturated rings. The topological polar surface area (TPSA) is 79.3 Å². The van der Waals surface area contributed by atoms with E-state index in [0.29, 0.717) is 17.8 Å². The summed E-state index contributed by atoms with van der Waals surface area (Å²) in [5.74, 6) is 0.0295. The molecule has 0 aliphatic carbocycles. The fourth-order valence-corrected chi connectivity index (χ4v) is 2.89. The molecule has 1 aliphatic heterocycles. The molecule has 0 atom stereocenters. The van der Waals surface area contributed by atoms with Gasteiger partial charge in [-0.2, -0.15) is 0 Å². The number of nitrogens with zero attached hydrogens (tertiary/aromatic N) is 3. The summed E-state index contributed by atoms with van der Waals surface area (Å²) in [6.07, 6.45) is 8.32. The number of nitrogens with one attached hydrogen (secondary N) is 2. The van der Waals surface area contributed by atoms with Gasteiger partial charge in [0.1, 0.15) is 0 Å². The highest BCUT2D eigenvalue weighted by atomic mass is 16.2. The lowest BCUT2D eigenvalue weighted by molar-refractivity contribution is 0.0793. The second kappa shape index (κ2) is 8.32.